The molecule has 5 heteroatoms. The van der Waals surface area contributed by atoms with Crippen molar-refractivity contribution in [1.29, 1.82) is 0 Å². The van der Waals surface area contributed by atoms with Crippen LogP contribution in [0.2, 0.25) is 0 Å². The van der Waals surface area contributed by atoms with Crippen LogP contribution in [-0.4, -0.2) is 41.1 Å². The quantitative estimate of drug-likeness (QED) is 0.880. The maximum atomic E-state index is 12.7. The smallest absolute Gasteiger partial charge is 0.270 e. The molecule has 1 aliphatic heterocycles. The second-order valence-corrected chi connectivity index (χ2v) is 7.07. The molecule has 2 heterocycles. The molecule has 0 radical (unpaired) electrons. The summed E-state index contributed by atoms with van der Waals surface area (Å²) >= 11 is 3.47. The topological polar surface area (TPSA) is 37.3 Å². The SMILES string of the molecule is CCn1cc(Br)cc1C(=O)N1CCCC(CNC(C)C)C1. The van der Waals surface area contributed by atoms with E-state index >= 15 is 0 Å². The van der Waals surface area contributed by atoms with Crippen LogP contribution in [0.15, 0.2) is 16.7 Å². The molecule has 4 nitrogen and oxygen atoms in total. The van der Waals surface area contributed by atoms with Gasteiger partial charge in [-0.2, -0.15) is 0 Å². The van der Waals surface area contributed by atoms with Crippen LogP contribution in [0.1, 0.15) is 44.1 Å². The fraction of sp³-hybridized carbons (Fsp3) is 0.688. The molecule has 1 fully saturated rings. The number of likely N-dealkylation sites (tertiary alicyclic amines) is 1. The Hall–Kier alpha value is -0.810. The predicted octanol–water partition coefficient (Wildman–Crippen LogP) is 3.12. The zero-order valence-electron chi connectivity index (χ0n) is 13.2. The van der Waals surface area contributed by atoms with Gasteiger partial charge in [0.1, 0.15) is 5.69 Å². The van der Waals surface area contributed by atoms with Crippen LogP contribution in [0, 0.1) is 5.92 Å². The van der Waals surface area contributed by atoms with E-state index in [9.17, 15) is 4.79 Å². The first kappa shape index (κ1) is 16.6. The van der Waals surface area contributed by atoms with Crippen LogP contribution in [0.4, 0.5) is 0 Å². The van der Waals surface area contributed by atoms with Gasteiger partial charge in [-0.1, -0.05) is 13.8 Å². The molecular weight excluding hydrogens is 330 g/mol. The van der Waals surface area contributed by atoms with E-state index in [1.165, 1.54) is 6.42 Å². The molecule has 0 aliphatic carbocycles. The number of hydrogen-bond donors (Lipinski definition) is 1. The number of halogens is 1. The maximum absolute atomic E-state index is 12.7. The van der Waals surface area contributed by atoms with E-state index in [1.807, 2.05) is 21.7 Å². The minimum atomic E-state index is 0.164. The highest BCUT2D eigenvalue weighted by molar-refractivity contribution is 9.10. The molecule has 1 amide bonds. The Kier molecular flexibility index (Phi) is 5.88. The van der Waals surface area contributed by atoms with E-state index in [0.717, 1.165) is 42.8 Å². The van der Waals surface area contributed by atoms with E-state index in [0.29, 0.717) is 12.0 Å². The van der Waals surface area contributed by atoms with Crippen molar-refractivity contribution in [3.8, 4) is 0 Å². The summed E-state index contributed by atoms with van der Waals surface area (Å²) in [5.74, 6) is 0.732. The van der Waals surface area contributed by atoms with Crippen LogP contribution in [0.3, 0.4) is 0 Å². The molecule has 1 N–H and O–H groups in total. The number of nitrogens with one attached hydrogen (secondary N) is 1. The van der Waals surface area contributed by atoms with Crippen molar-refractivity contribution in [2.75, 3.05) is 19.6 Å². The molecule has 1 unspecified atom stereocenters. The highest BCUT2D eigenvalue weighted by atomic mass is 79.9. The molecule has 1 aromatic heterocycles. The van der Waals surface area contributed by atoms with Crippen LogP contribution in [0.5, 0.6) is 0 Å². The van der Waals surface area contributed by atoms with Gasteiger partial charge in [0.15, 0.2) is 0 Å². The van der Waals surface area contributed by atoms with Crippen molar-refractivity contribution in [2.45, 2.75) is 46.2 Å². The molecule has 0 spiro atoms. The first-order valence-electron chi connectivity index (χ1n) is 7.89. The van der Waals surface area contributed by atoms with E-state index in [4.69, 9.17) is 0 Å². The average molecular weight is 356 g/mol. The molecule has 0 saturated carbocycles. The first-order valence-corrected chi connectivity index (χ1v) is 8.69. The van der Waals surface area contributed by atoms with Crippen LogP contribution in [0.25, 0.3) is 0 Å². The summed E-state index contributed by atoms with van der Waals surface area (Å²) in [5.41, 5.74) is 0.793. The molecule has 118 valence electrons. The normalized spacial score (nSPS) is 19.3. The molecule has 0 aromatic carbocycles. The van der Waals surface area contributed by atoms with Crippen molar-refractivity contribution >= 4 is 21.8 Å². The minimum absolute atomic E-state index is 0.164. The third kappa shape index (κ3) is 4.33. The molecule has 0 bridgehead atoms. The molecular formula is C16H26BrN3O. The summed E-state index contributed by atoms with van der Waals surface area (Å²) in [6, 6.07) is 2.44. The number of carbonyl (C=O) groups excluding carboxylic acids is 1. The molecule has 1 aromatic rings. The lowest BCUT2D eigenvalue weighted by Crippen LogP contribution is -2.44. The van der Waals surface area contributed by atoms with Gasteiger partial charge in [-0.25, -0.2) is 0 Å². The van der Waals surface area contributed by atoms with Gasteiger partial charge in [-0.15, -0.1) is 0 Å². The number of nitrogens with zero attached hydrogens (tertiary/aromatic N) is 2. The van der Waals surface area contributed by atoms with Gasteiger partial charge in [0.2, 0.25) is 0 Å². The summed E-state index contributed by atoms with van der Waals surface area (Å²) in [6.45, 7) is 9.96. The largest absolute Gasteiger partial charge is 0.343 e. The number of carbonyl (C=O) groups is 1. The third-order valence-electron chi connectivity index (χ3n) is 4.04. The Morgan fingerprint density at radius 2 is 2.29 bits per heavy atom. The van der Waals surface area contributed by atoms with E-state index in [1.54, 1.807) is 0 Å². The summed E-state index contributed by atoms with van der Waals surface area (Å²) in [7, 11) is 0. The van der Waals surface area contributed by atoms with Gasteiger partial charge < -0.3 is 14.8 Å². The fourth-order valence-corrected chi connectivity index (χ4v) is 3.36. The lowest BCUT2D eigenvalue weighted by atomic mass is 9.97. The Bertz CT molecular complexity index is 484. The Morgan fingerprint density at radius 3 is 2.95 bits per heavy atom. The lowest BCUT2D eigenvalue weighted by molar-refractivity contribution is 0.0661. The third-order valence-corrected chi connectivity index (χ3v) is 4.48. The highest BCUT2D eigenvalue weighted by Gasteiger charge is 2.26. The number of piperidine rings is 1. The molecule has 2 rings (SSSR count). The first-order chi connectivity index (χ1) is 10.0. The summed E-state index contributed by atoms with van der Waals surface area (Å²) < 4.78 is 2.99. The van der Waals surface area contributed by atoms with Crippen molar-refractivity contribution < 1.29 is 4.79 Å². The van der Waals surface area contributed by atoms with Crippen LogP contribution >= 0.6 is 15.9 Å². The molecule has 1 aliphatic rings. The Morgan fingerprint density at radius 1 is 1.52 bits per heavy atom. The monoisotopic (exact) mass is 355 g/mol. The van der Waals surface area contributed by atoms with Crippen molar-refractivity contribution in [3.05, 3.63) is 22.4 Å². The molecule has 21 heavy (non-hydrogen) atoms. The zero-order chi connectivity index (χ0) is 15.4. The van der Waals surface area contributed by atoms with E-state index in [-0.39, 0.29) is 5.91 Å². The maximum Gasteiger partial charge on any atom is 0.270 e. The summed E-state index contributed by atoms with van der Waals surface area (Å²) in [6.07, 6.45) is 4.29. The van der Waals surface area contributed by atoms with E-state index in [2.05, 4.69) is 42.0 Å². The number of rotatable bonds is 5. The zero-order valence-corrected chi connectivity index (χ0v) is 14.8. The lowest BCUT2D eigenvalue weighted by Gasteiger charge is -2.33. The molecule has 1 saturated heterocycles. The van der Waals surface area contributed by atoms with Crippen LogP contribution < -0.4 is 5.32 Å². The number of amides is 1. The summed E-state index contributed by atoms with van der Waals surface area (Å²) in [5, 5.41) is 3.49. The Balaban J connectivity index is 2.01. The summed E-state index contributed by atoms with van der Waals surface area (Å²) in [4.78, 5) is 14.8. The number of aromatic nitrogens is 1. The van der Waals surface area contributed by atoms with Crippen molar-refractivity contribution in [3.63, 3.8) is 0 Å². The average Bonchev–Trinajstić information content (AvgIpc) is 2.85. The van der Waals surface area contributed by atoms with Gasteiger partial charge >= 0.3 is 0 Å². The second-order valence-electron chi connectivity index (χ2n) is 6.15. The van der Waals surface area contributed by atoms with Crippen molar-refractivity contribution in [2.24, 2.45) is 5.92 Å². The van der Waals surface area contributed by atoms with Gasteiger partial charge in [-0.3, -0.25) is 4.79 Å². The van der Waals surface area contributed by atoms with Gasteiger partial charge in [-0.05, 0) is 54.2 Å². The minimum Gasteiger partial charge on any atom is -0.343 e. The highest BCUT2D eigenvalue weighted by Crippen LogP contribution is 2.21. The second kappa shape index (κ2) is 7.45. The standard InChI is InChI=1S/C16H26BrN3O/c1-4-19-11-14(17)8-15(19)16(21)20-7-5-6-13(10-20)9-18-12(2)3/h8,11-13,18H,4-7,9-10H2,1-3H3. The number of aryl methyl sites for hydroxylation is 1. The van der Waals surface area contributed by atoms with Gasteiger partial charge in [0.25, 0.3) is 5.91 Å². The number of hydrogen-bond acceptors (Lipinski definition) is 2. The van der Waals surface area contributed by atoms with Gasteiger partial charge in [0, 0.05) is 36.3 Å². The molecule has 1 atom stereocenters. The van der Waals surface area contributed by atoms with E-state index < -0.39 is 0 Å². The van der Waals surface area contributed by atoms with Gasteiger partial charge in [0.05, 0.1) is 0 Å². The van der Waals surface area contributed by atoms with Crippen molar-refractivity contribution in [1.82, 2.24) is 14.8 Å². The predicted molar refractivity (Wildman–Crippen MR) is 89.6 cm³/mol. The van der Waals surface area contributed by atoms with Crippen LogP contribution in [-0.2, 0) is 6.54 Å². The Labute approximate surface area is 136 Å². The fourth-order valence-electron chi connectivity index (χ4n) is 2.90.